The van der Waals surface area contributed by atoms with Gasteiger partial charge in [0, 0.05) is 65.4 Å². The van der Waals surface area contributed by atoms with Gasteiger partial charge in [0.25, 0.3) is 5.43 Å². The number of ether oxygens (including phenoxy) is 1. The molecule has 230 valence electrons. The van der Waals surface area contributed by atoms with E-state index in [0.717, 1.165) is 47.7 Å². The molecule has 0 aliphatic carbocycles. The van der Waals surface area contributed by atoms with E-state index < -0.39 is 30.2 Å². The first-order chi connectivity index (χ1) is 19.5. The zero-order valence-corrected chi connectivity index (χ0v) is 28.9. The largest absolute Gasteiger partial charge is 2.00 e. The number of aromatic nitrogens is 4. The second kappa shape index (κ2) is 27.4. The van der Waals surface area contributed by atoms with Crippen LogP contribution in [0.2, 0.25) is 10.0 Å². The van der Waals surface area contributed by atoms with Crippen LogP contribution in [0.15, 0.2) is 72.8 Å². The Morgan fingerprint density at radius 3 is 1.91 bits per heavy atom. The molecule has 0 amide bonds. The van der Waals surface area contributed by atoms with Crippen molar-refractivity contribution in [1.29, 1.82) is 0 Å². The number of halogens is 5. The molecule has 1 fully saturated rings. The molecular formula is C23H23BrCl4MgN6O7S. The van der Waals surface area contributed by atoms with E-state index in [-0.39, 0.29) is 50.7 Å². The molecule has 0 saturated carbocycles. The quantitative estimate of drug-likeness (QED) is 0.101. The molecule has 43 heavy (non-hydrogen) atoms. The molecule has 1 aliphatic heterocycles. The van der Waals surface area contributed by atoms with E-state index in [1.807, 2.05) is 12.3 Å². The number of hydrogen-bond donors (Lipinski definition) is 2. The van der Waals surface area contributed by atoms with E-state index in [9.17, 15) is 25.0 Å². The molecule has 20 heteroatoms. The third-order valence-electron chi connectivity index (χ3n) is 4.17. The van der Waals surface area contributed by atoms with Crippen LogP contribution in [0.25, 0.3) is 11.0 Å². The summed E-state index contributed by atoms with van der Waals surface area (Å²) >= 11 is 11.3. The number of aromatic amines is 2. The average molecular weight is 774 g/mol. The van der Waals surface area contributed by atoms with Crippen LogP contribution in [0.3, 0.4) is 0 Å². The van der Waals surface area contributed by atoms with Crippen LogP contribution in [0.1, 0.15) is 12.8 Å². The fourth-order valence-corrected chi connectivity index (χ4v) is 2.87. The van der Waals surface area contributed by atoms with E-state index in [4.69, 9.17) is 32.1 Å². The van der Waals surface area contributed by atoms with Gasteiger partial charge in [0.15, 0.2) is 0 Å². The fourth-order valence-electron chi connectivity index (χ4n) is 2.49. The van der Waals surface area contributed by atoms with Gasteiger partial charge >= 0.3 is 34.4 Å². The summed E-state index contributed by atoms with van der Waals surface area (Å²) in [5.41, 5.74) is 0.645. The van der Waals surface area contributed by atoms with Gasteiger partial charge in [-0.25, -0.2) is 4.21 Å². The first-order valence-corrected chi connectivity index (χ1v) is 14.5. The van der Waals surface area contributed by atoms with Crippen LogP contribution >= 0.6 is 44.6 Å². The molecule has 4 aromatic heterocycles. The predicted molar refractivity (Wildman–Crippen MR) is 166 cm³/mol. The molecule has 0 radical (unpaired) electrons. The average Bonchev–Trinajstić information content (AvgIpc) is 3.67. The SMILES string of the molecule is C1CCOC1.Clc1ccnc2cc[nH]c12.O=S(Cl)Cl.O=[N+]([O-])c1cnccc1Cl.O=c1cc[nH]cc1[N+](=O)[O-].[Br-].[CH-]=C.[Mg+2]. The summed E-state index contributed by atoms with van der Waals surface area (Å²) in [5, 5.41) is 20.9. The molecule has 0 spiro atoms. The molecule has 0 aromatic carbocycles. The summed E-state index contributed by atoms with van der Waals surface area (Å²) in [6, 6.07) is 6.14. The first-order valence-electron chi connectivity index (χ1n) is 10.9. The summed E-state index contributed by atoms with van der Waals surface area (Å²) in [7, 11) is 7.36. The Kier molecular flexibility index (Phi) is 28.9. The predicted octanol–water partition coefficient (Wildman–Crippen LogP) is 3.21. The van der Waals surface area contributed by atoms with E-state index in [1.54, 1.807) is 12.3 Å². The summed E-state index contributed by atoms with van der Waals surface area (Å²) in [6.07, 6.45) is 11.0. The van der Waals surface area contributed by atoms with Gasteiger partial charge < -0.3 is 38.3 Å². The van der Waals surface area contributed by atoms with E-state index in [2.05, 4.69) is 54.5 Å². The molecule has 0 bridgehead atoms. The zero-order valence-electron chi connectivity index (χ0n) is 22.0. The summed E-state index contributed by atoms with van der Waals surface area (Å²) in [5.74, 6) is 0. The molecule has 1 saturated heterocycles. The number of rotatable bonds is 2. The normalized spacial score (nSPS) is 10.4. The Hall–Kier alpha value is -2.15. The van der Waals surface area contributed by atoms with Crippen LogP contribution in [0.4, 0.5) is 11.4 Å². The monoisotopic (exact) mass is 770 g/mol. The topological polar surface area (TPSA) is 187 Å². The van der Waals surface area contributed by atoms with Gasteiger partial charge in [-0.05, 0) is 31.0 Å². The minimum atomic E-state index is -1.67. The van der Waals surface area contributed by atoms with Crippen molar-refractivity contribution in [2.24, 2.45) is 0 Å². The van der Waals surface area contributed by atoms with Gasteiger partial charge in [0.2, 0.25) is 9.23 Å². The minimum absolute atomic E-state index is 0. The van der Waals surface area contributed by atoms with Crippen LogP contribution in [0.5, 0.6) is 0 Å². The smallest absolute Gasteiger partial charge is 1.00 e. The van der Waals surface area contributed by atoms with Crippen molar-refractivity contribution in [1.82, 2.24) is 19.9 Å². The van der Waals surface area contributed by atoms with Gasteiger partial charge in [-0.15, -0.1) is 0 Å². The molecule has 4 aromatic rings. The van der Waals surface area contributed by atoms with Gasteiger partial charge in [-0.3, -0.25) is 41.6 Å². The molecule has 0 atom stereocenters. The Labute approximate surface area is 294 Å². The minimum Gasteiger partial charge on any atom is -1.00 e. The molecule has 2 N–H and O–H groups in total. The fraction of sp³-hybridized carbons (Fsp3) is 0.174. The van der Waals surface area contributed by atoms with Crippen LogP contribution in [-0.4, -0.2) is 70.3 Å². The van der Waals surface area contributed by atoms with Crippen LogP contribution in [0, 0.1) is 26.8 Å². The molecular weight excluding hydrogens is 750 g/mol. The third kappa shape index (κ3) is 20.4. The second-order valence-corrected chi connectivity index (χ2v) is 10.1. The number of pyridine rings is 3. The maximum Gasteiger partial charge on any atom is 2.00 e. The number of nitrogens with zero attached hydrogens (tertiary/aromatic N) is 4. The van der Waals surface area contributed by atoms with E-state index in [0.29, 0.717) is 0 Å². The number of nitrogens with one attached hydrogen (secondary N) is 2. The van der Waals surface area contributed by atoms with Crippen molar-refractivity contribution in [3.8, 4) is 0 Å². The standard InChI is InChI=1S/C7H5ClN2.C5H3ClN2O2.C5H4N2O3.C4H8O.C2H3.BrH.Cl2OS.Mg/c8-5-1-3-9-6-2-4-10-7(5)6;6-4-1-2-7-3-5(4)8(9)10;8-5-1-2-6-3-4(5)7(9)10;1-2-4-5-3-1;1-2;;1-4(2)3;/h1-4,10H;1-3H;1-3H,(H,6,8);1-4H2;1H,2H2;1H;;/q;;;;-1;;;+2/p-1. The van der Waals surface area contributed by atoms with Gasteiger partial charge in [0.05, 0.1) is 32.1 Å². The van der Waals surface area contributed by atoms with Crippen molar-refractivity contribution >= 4 is 99.3 Å². The van der Waals surface area contributed by atoms with E-state index >= 15 is 0 Å². The number of fused-ring (bicyclic) bond motifs is 1. The molecule has 0 unspecified atom stereocenters. The zero-order chi connectivity index (χ0) is 31.2. The Morgan fingerprint density at radius 2 is 1.51 bits per heavy atom. The summed E-state index contributed by atoms with van der Waals surface area (Å²) in [6.45, 7) is 9.00. The van der Waals surface area contributed by atoms with Crippen molar-refractivity contribution < 1.29 is 35.8 Å². The van der Waals surface area contributed by atoms with Crippen molar-refractivity contribution in [3.63, 3.8) is 0 Å². The Bertz CT molecular complexity index is 1440. The molecule has 5 rings (SSSR count). The summed E-state index contributed by atoms with van der Waals surface area (Å²) < 4.78 is 14.0. The first kappa shape index (κ1) is 45.3. The Morgan fingerprint density at radius 1 is 0.953 bits per heavy atom. The van der Waals surface area contributed by atoms with Crippen LogP contribution in [-0.2, 0) is 14.0 Å². The van der Waals surface area contributed by atoms with Gasteiger partial charge in [-0.2, -0.15) is 0 Å². The van der Waals surface area contributed by atoms with Crippen LogP contribution < -0.4 is 22.4 Å². The van der Waals surface area contributed by atoms with Crippen molar-refractivity contribution in [2.75, 3.05) is 13.2 Å². The van der Waals surface area contributed by atoms with Crippen molar-refractivity contribution in [2.45, 2.75) is 12.8 Å². The van der Waals surface area contributed by atoms with Crippen molar-refractivity contribution in [3.05, 3.63) is 115 Å². The van der Waals surface area contributed by atoms with Gasteiger partial charge in [-0.1, -0.05) is 23.2 Å². The Balaban J connectivity index is -0.000000469. The second-order valence-electron chi connectivity index (χ2n) is 6.77. The number of hydrogen-bond acceptors (Lipinski definition) is 9. The molecule has 13 nitrogen and oxygen atoms in total. The van der Waals surface area contributed by atoms with Gasteiger partial charge in [0.1, 0.15) is 11.2 Å². The third-order valence-corrected chi connectivity index (χ3v) is 4.81. The maximum absolute atomic E-state index is 10.6. The summed E-state index contributed by atoms with van der Waals surface area (Å²) in [4.78, 5) is 42.5. The van der Waals surface area contributed by atoms with E-state index in [1.165, 1.54) is 31.3 Å². The maximum atomic E-state index is 10.6. The molecule has 5 heterocycles. The molecule has 1 aliphatic rings. The number of H-pyrrole nitrogens is 2. The number of nitro groups is 2.